The summed E-state index contributed by atoms with van der Waals surface area (Å²) in [6.45, 7) is 5.86. The molecule has 2 heterocycles. The molecule has 1 aliphatic heterocycles. The fourth-order valence-electron chi connectivity index (χ4n) is 3.99. The smallest absolute Gasteiger partial charge is 0.303 e. The Bertz CT molecular complexity index is 1270. The maximum absolute atomic E-state index is 12.7. The zero-order valence-electron chi connectivity index (χ0n) is 22.4. The average Bonchev–Trinajstić information content (AvgIpc) is 3.25. The van der Waals surface area contributed by atoms with E-state index >= 15 is 0 Å². The van der Waals surface area contributed by atoms with Crippen molar-refractivity contribution in [3.05, 3.63) is 39.8 Å². The van der Waals surface area contributed by atoms with Crippen molar-refractivity contribution in [2.24, 2.45) is 0 Å². The van der Waals surface area contributed by atoms with Gasteiger partial charge < -0.3 is 33.5 Å². The van der Waals surface area contributed by atoms with Crippen LogP contribution < -0.4 is 4.74 Å². The summed E-state index contributed by atoms with van der Waals surface area (Å²) in [5.41, 5.74) is 0.601. The molecule has 1 aromatic heterocycles. The number of phenols is 1. The van der Waals surface area contributed by atoms with Gasteiger partial charge in [0.1, 0.15) is 24.2 Å². The maximum Gasteiger partial charge on any atom is 0.303 e. The van der Waals surface area contributed by atoms with E-state index in [1.165, 1.54) is 23.5 Å². The second-order valence-corrected chi connectivity index (χ2v) is 9.88. The monoisotopic (exact) mass is 579 g/mol. The van der Waals surface area contributed by atoms with Crippen molar-refractivity contribution in [2.45, 2.75) is 71.7 Å². The number of Topliss-reactive ketones (excluding diaryl/α,β-unsaturated/α-hetero) is 1. The molecule has 1 aliphatic rings. The highest BCUT2D eigenvalue weighted by molar-refractivity contribution is 7.09. The molecule has 3 rings (SSSR count). The molecule has 0 amide bonds. The molecule has 14 heteroatoms. The minimum atomic E-state index is -1.49. The van der Waals surface area contributed by atoms with Crippen LogP contribution in [0.5, 0.6) is 11.5 Å². The highest BCUT2D eigenvalue weighted by Gasteiger charge is 2.53. The van der Waals surface area contributed by atoms with Crippen LogP contribution in [-0.4, -0.2) is 77.1 Å². The molecule has 1 fully saturated rings. The summed E-state index contributed by atoms with van der Waals surface area (Å²) < 4.78 is 32.8. The highest BCUT2D eigenvalue weighted by atomic mass is 32.1. The van der Waals surface area contributed by atoms with Crippen molar-refractivity contribution in [3.63, 3.8) is 0 Å². The number of hydrogen-bond acceptors (Lipinski definition) is 14. The molecule has 2 aromatic rings. The zero-order valence-corrected chi connectivity index (χ0v) is 23.2. The number of esters is 4. The van der Waals surface area contributed by atoms with Crippen molar-refractivity contribution in [1.82, 2.24) is 4.98 Å². The Morgan fingerprint density at radius 3 is 2.10 bits per heavy atom. The Hall–Kier alpha value is -4.04. The van der Waals surface area contributed by atoms with Crippen LogP contribution in [-0.2, 0) is 49.3 Å². The van der Waals surface area contributed by atoms with Gasteiger partial charge >= 0.3 is 23.9 Å². The van der Waals surface area contributed by atoms with Gasteiger partial charge in [0.2, 0.25) is 12.4 Å². The van der Waals surface area contributed by atoms with Crippen LogP contribution in [0.25, 0.3) is 0 Å². The summed E-state index contributed by atoms with van der Waals surface area (Å²) in [7, 11) is 0. The number of carbonyl (C=O) groups is 5. The number of ketones is 1. The standard InChI is InChI=1S/C26H29NO12S/c1-12-27-17(11-40-12)8-20(32)19-7-6-18(9-21(19)33)38-26-25(37-16(5)31)24(36-15(4)30)23(35-14(3)29)22(39-26)10-34-13(2)28/h6-7,9,11,22-26,33H,8,10H2,1-5H3/t22-,23+,24-,25-,26-/m0/s1. The first-order valence-corrected chi connectivity index (χ1v) is 13.0. The fourth-order valence-corrected chi connectivity index (χ4v) is 4.60. The normalized spacial score (nSPS) is 22.1. The van der Waals surface area contributed by atoms with Gasteiger partial charge in [0.15, 0.2) is 18.0 Å². The first-order chi connectivity index (χ1) is 18.8. The number of carbonyl (C=O) groups excluding carboxylic acids is 5. The van der Waals surface area contributed by atoms with Crippen LogP contribution in [0.3, 0.4) is 0 Å². The van der Waals surface area contributed by atoms with E-state index < -0.39 is 61.2 Å². The molecule has 0 aliphatic carbocycles. The van der Waals surface area contributed by atoms with Gasteiger partial charge in [-0.1, -0.05) is 0 Å². The number of nitrogens with zero attached hydrogens (tertiary/aromatic N) is 1. The van der Waals surface area contributed by atoms with Gasteiger partial charge in [0.05, 0.1) is 22.7 Å². The van der Waals surface area contributed by atoms with Gasteiger partial charge in [-0.2, -0.15) is 0 Å². The third kappa shape index (κ3) is 8.23. The van der Waals surface area contributed by atoms with E-state index in [9.17, 15) is 29.1 Å². The van der Waals surface area contributed by atoms with Crippen molar-refractivity contribution in [3.8, 4) is 11.5 Å². The number of aryl methyl sites for hydroxylation is 1. The number of ether oxygens (including phenoxy) is 6. The van der Waals surface area contributed by atoms with E-state index in [2.05, 4.69) is 4.98 Å². The first kappa shape index (κ1) is 30.5. The molecule has 1 saturated heterocycles. The van der Waals surface area contributed by atoms with Gasteiger partial charge in [-0.25, -0.2) is 4.98 Å². The third-order valence-electron chi connectivity index (χ3n) is 5.48. The lowest BCUT2D eigenvalue weighted by molar-refractivity contribution is -0.288. The Labute approximate surface area is 233 Å². The largest absolute Gasteiger partial charge is 0.507 e. The Kier molecular flexibility index (Phi) is 10.2. The molecule has 40 heavy (non-hydrogen) atoms. The number of hydrogen-bond donors (Lipinski definition) is 1. The van der Waals surface area contributed by atoms with Crippen molar-refractivity contribution < 1.29 is 57.5 Å². The van der Waals surface area contributed by atoms with E-state index in [0.717, 1.165) is 38.8 Å². The number of aromatic nitrogens is 1. The summed E-state index contributed by atoms with van der Waals surface area (Å²) in [4.78, 5) is 64.2. The second-order valence-electron chi connectivity index (χ2n) is 8.82. The SMILES string of the molecule is CC(=O)OC[C@@H]1O[C@H](Oc2ccc(C(=O)Cc3csc(C)n3)c(O)c2)[C@@H](OC(C)=O)[C@@H](OC(C)=O)[C@@H]1OC(C)=O. The predicted octanol–water partition coefficient (Wildman–Crippen LogP) is 2.04. The maximum atomic E-state index is 12.7. The summed E-state index contributed by atoms with van der Waals surface area (Å²) in [5.74, 6) is -3.77. The van der Waals surface area contributed by atoms with Gasteiger partial charge in [-0.15, -0.1) is 11.3 Å². The number of phenolic OH excluding ortho intramolecular Hbond substituents is 1. The molecule has 5 atom stereocenters. The summed E-state index contributed by atoms with van der Waals surface area (Å²) in [6.07, 6.45) is -6.91. The van der Waals surface area contributed by atoms with E-state index in [0.29, 0.717) is 5.69 Å². The van der Waals surface area contributed by atoms with Gasteiger partial charge in [-0.05, 0) is 19.1 Å². The van der Waals surface area contributed by atoms with E-state index in [4.69, 9.17) is 28.4 Å². The minimum absolute atomic E-state index is 0.000507. The third-order valence-corrected chi connectivity index (χ3v) is 6.30. The lowest BCUT2D eigenvalue weighted by atomic mass is 9.98. The van der Waals surface area contributed by atoms with Crippen molar-refractivity contribution in [1.29, 1.82) is 0 Å². The quantitative estimate of drug-likeness (QED) is 0.246. The molecule has 0 unspecified atom stereocenters. The number of rotatable bonds is 10. The Morgan fingerprint density at radius 1 is 0.925 bits per heavy atom. The average molecular weight is 580 g/mol. The Morgan fingerprint density at radius 2 is 1.55 bits per heavy atom. The Balaban J connectivity index is 1.91. The van der Waals surface area contributed by atoms with Crippen LogP contribution >= 0.6 is 11.3 Å². The lowest BCUT2D eigenvalue weighted by Gasteiger charge is -2.43. The fraction of sp³-hybridized carbons (Fsp3) is 0.462. The molecule has 1 aromatic carbocycles. The lowest BCUT2D eigenvalue weighted by Crippen LogP contribution is -2.63. The van der Waals surface area contributed by atoms with E-state index in [1.807, 2.05) is 6.92 Å². The molecule has 13 nitrogen and oxygen atoms in total. The van der Waals surface area contributed by atoms with Crippen LogP contribution in [0.15, 0.2) is 23.6 Å². The summed E-state index contributed by atoms with van der Waals surface area (Å²) >= 11 is 1.40. The van der Waals surface area contributed by atoms with E-state index in [-0.39, 0.29) is 29.3 Å². The van der Waals surface area contributed by atoms with Crippen LogP contribution in [0, 0.1) is 6.92 Å². The number of thiazole rings is 1. The molecular weight excluding hydrogens is 550 g/mol. The highest BCUT2D eigenvalue weighted by Crippen LogP contribution is 2.33. The molecule has 0 bridgehead atoms. The van der Waals surface area contributed by atoms with Crippen LogP contribution in [0.2, 0.25) is 0 Å². The minimum Gasteiger partial charge on any atom is -0.507 e. The predicted molar refractivity (Wildman–Crippen MR) is 136 cm³/mol. The van der Waals surface area contributed by atoms with E-state index in [1.54, 1.807) is 5.38 Å². The molecule has 216 valence electrons. The number of aromatic hydroxyl groups is 1. The van der Waals surface area contributed by atoms with Crippen LogP contribution in [0.4, 0.5) is 0 Å². The summed E-state index contributed by atoms with van der Waals surface area (Å²) in [5, 5.41) is 13.1. The molecule has 0 spiro atoms. The molecule has 1 N–H and O–H groups in total. The first-order valence-electron chi connectivity index (χ1n) is 12.1. The second kappa shape index (κ2) is 13.3. The van der Waals surface area contributed by atoms with Crippen LogP contribution in [0.1, 0.15) is 48.8 Å². The van der Waals surface area contributed by atoms with Gasteiger partial charge in [0, 0.05) is 39.1 Å². The topological polar surface area (TPSA) is 174 Å². The van der Waals surface area contributed by atoms with Crippen molar-refractivity contribution in [2.75, 3.05) is 6.61 Å². The van der Waals surface area contributed by atoms with Gasteiger partial charge in [0.25, 0.3) is 0 Å². The molecule has 0 saturated carbocycles. The number of benzene rings is 1. The van der Waals surface area contributed by atoms with Gasteiger partial charge in [-0.3, -0.25) is 24.0 Å². The molecular formula is C26H29NO12S. The zero-order chi connectivity index (χ0) is 29.6. The summed E-state index contributed by atoms with van der Waals surface area (Å²) in [6, 6.07) is 3.89. The molecule has 0 radical (unpaired) electrons. The van der Waals surface area contributed by atoms with Crippen molar-refractivity contribution >= 4 is 41.0 Å².